The van der Waals surface area contributed by atoms with E-state index in [1.807, 2.05) is 24.3 Å². The Hall–Kier alpha value is -8.42. The van der Waals surface area contributed by atoms with Gasteiger partial charge in [-0.2, -0.15) is 10.2 Å². The average molecular weight is 1040 g/mol. The van der Waals surface area contributed by atoms with Crippen LogP contribution in [0.2, 0.25) is 10.0 Å². The summed E-state index contributed by atoms with van der Waals surface area (Å²) in [6, 6.07) is 30.3. The number of esters is 1. The van der Waals surface area contributed by atoms with E-state index in [2.05, 4.69) is 25.7 Å². The fourth-order valence-corrected chi connectivity index (χ4v) is 8.51. The van der Waals surface area contributed by atoms with Crippen molar-refractivity contribution in [2.24, 2.45) is 0 Å². The minimum absolute atomic E-state index is 0.0810. The summed E-state index contributed by atoms with van der Waals surface area (Å²) in [7, 11) is 6.36. The predicted molar refractivity (Wildman–Crippen MR) is 281 cm³/mol. The largest absolute Gasteiger partial charge is 0.478 e. The van der Waals surface area contributed by atoms with Crippen LogP contribution in [0.4, 0.5) is 11.4 Å². The molecule has 1 aliphatic heterocycles. The van der Waals surface area contributed by atoms with Gasteiger partial charge in [0, 0.05) is 105 Å². The molecule has 0 atom stereocenters. The number of nitrogens with zero attached hydrogens (tertiary/aromatic N) is 7. The van der Waals surface area contributed by atoms with Gasteiger partial charge in [0.15, 0.2) is 0 Å². The number of aromatic carboxylic acids is 1. The lowest BCUT2D eigenvalue weighted by molar-refractivity contribution is 0.0195. The highest BCUT2D eigenvalue weighted by atomic mass is 35.5. The van der Waals surface area contributed by atoms with Gasteiger partial charge in [0.2, 0.25) is 0 Å². The number of amides is 4. The molecule has 5 heterocycles. The maximum atomic E-state index is 13.5. The number of aromatic nitrogens is 4. The van der Waals surface area contributed by atoms with E-state index < -0.39 is 11.9 Å². The summed E-state index contributed by atoms with van der Waals surface area (Å²) in [5.74, 6) is -2.65. The van der Waals surface area contributed by atoms with E-state index in [9.17, 15) is 33.9 Å². The van der Waals surface area contributed by atoms with Crippen LogP contribution in [0.1, 0.15) is 62.1 Å². The number of hydrogen-bond acceptors (Lipinski definition) is 11. The Labute approximate surface area is 434 Å². The molecule has 378 valence electrons. The first-order chi connectivity index (χ1) is 35.6. The molecule has 4 amide bonds. The number of ether oxygens (including phenoxy) is 2. The van der Waals surface area contributed by atoms with Gasteiger partial charge >= 0.3 is 11.9 Å². The highest BCUT2D eigenvalue weighted by Gasteiger charge is 2.22. The van der Waals surface area contributed by atoms with E-state index in [0.29, 0.717) is 58.9 Å². The molecule has 0 unspecified atom stereocenters. The van der Waals surface area contributed by atoms with Crippen molar-refractivity contribution in [3.8, 4) is 22.3 Å². The van der Waals surface area contributed by atoms with Gasteiger partial charge in [0.05, 0.1) is 57.8 Å². The van der Waals surface area contributed by atoms with E-state index in [0.717, 1.165) is 40.9 Å². The summed E-state index contributed by atoms with van der Waals surface area (Å²) in [4.78, 5) is 79.5. The summed E-state index contributed by atoms with van der Waals surface area (Å²) in [5, 5.41) is 23.6. The maximum absolute atomic E-state index is 13.5. The molecule has 18 nitrogen and oxygen atoms in total. The van der Waals surface area contributed by atoms with Crippen LogP contribution in [0.3, 0.4) is 0 Å². The molecule has 9 rings (SSSR count). The maximum Gasteiger partial charge on any atom is 0.339 e. The van der Waals surface area contributed by atoms with Gasteiger partial charge in [-0.15, -0.1) is 0 Å². The molecule has 74 heavy (non-hydrogen) atoms. The predicted octanol–water partition coefficient (Wildman–Crippen LogP) is 7.77. The van der Waals surface area contributed by atoms with Crippen molar-refractivity contribution < 1.29 is 43.3 Å². The number of rotatable bonds is 13. The molecule has 1 aliphatic rings. The number of nitrogens with one attached hydrogen (secondary N) is 2. The molecule has 0 spiro atoms. The van der Waals surface area contributed by atoms with E-state index >= 15 is 0 Å². The smallest absolute Gasteiger partial charge is 0.339 e. The van der Waals surface area contributed by atoms with Crippen molar-refractivity contribution in [3.05, 3.63) is 177 Å². The van der Waals surface area contributed by atoms with Crippen LogP contribution in [0.5, 0.6) is 0 Å². The summed E-state index contributed by atoms with van der Waals surface area (Å²) in [6.07, 6.45) is 6.82. The first-order valence-electron chi connectivity index (χ1n) is 23.1. The van der Waals surface area contributed by atoms with E-state index in [1.165, 1.54) is 21.9 Å². The zero-order valence-electron chi connectivity index (χ0n) is 40.5. The summed E-state index contributed by atoms with van der Waals surface area (Å²) in [6.45, 7) is 3.79. The zero-order valence-corrected chi connectivity index (χ0v) is 42.1. The van der Waals surface area contributed by atoms with Gasteiger partial charge in [-0.25, -0.2) is 18.6 Å². The number of anilines is 2. The highest BCUT2D eigenvalue weighted by Crippen LogP contribution is 2.30. The second-order valence-electron chi connectivity index (χ2n) is 16.9. The number of pyridine rings is 2. The standard InChI is InChI=1S/C30H30ClN5O5.C24H19ClN4O4/c1-32-28(37)21-5-3-20(4-6-21)25-19-33-36-10-9-22(17-27(25)36)29(38)34(2)23-7-8-26(31)24(18-23)30(39)41-16-13-35-11-14-40-15-12-35;1-26-22(30)15-5-3-14(4-6-15)19-13-27-29-10-9-16(11-21(19)29)23(31)28(2)17-7-8-20(25)18(12-17)24(32)33/h3-10,17-19H,11-16H2,1-2H3,(H,32,37);3-13H,1-2H3,(H,26,30)(H,32,33). The van der Waals surface area contributed by atoms with Crippen LogP contribution in [0.25, 0.3) is 33.3 Å². The minimum atomic E-state index is -1.17. The molecule has 0 radical (unpaired) electrons. The lowest BCUT2D eigenvalue weighted by Gasteiger charge is -2.26. The number of carbonyl (C=O) groups is 6. The van der Waals surface area contributed by atoms with Gasteiger partial charge in [-0.05, 0) is 96.1 Å². The van der Waals surface area contributed by atoms with Gasteiger partial charge < -0.3 is 35.0 Å². The molecule has 0 aliphatic carbocycles. The van der Waals surface area contributed by atoms with Gasteiger partial charge in [0.1, 0.15) is 6.61 Å². The Morgan fingerprint density at radius 1 is 0.622 bits per heavy atom. The second-order valence-corrected chi connectivity index (χ2v) is 17.7. The first kappa shape index (κ1) is 51.9. The quantitative estimate of drug-likeness (QED) is 0.0947. The number of carbonyl (C=O) groups excluding carboxylic acids is 5. The van der Waals surface area contributed by atoms with Gasteiger partial charge in [-0.1, -0.05) is 47.5 Å². The van der Waals surface area contributed by atoms with Crippen molar-refractivity contribution in [2.75, 3.05) is 77.4 Å². The molecule has 0 saturated carbocycles. The number of halogens is 2. The third-order valence-electron chi connectivity index (χ3n) is 12.4. The Balaban J connectivity index is 0.000000202. The van der Waals surface area contributed by atoms with Crippen molar-refractivity contribution >= 4 is 81.2 Å². The van der Waals surface area contributed by atoms with Crippen molar-refractivity contribution in [1.82, 2.24) is 34.8 Å². The molecule has 8 aromatic rings. The zero-order chi connectivity index (χ0) is 52.6. The average Bonchev–Trinajstić information content (AvgIpc) is 4.07. The molecule has 1 saturated heterocycles. The van der Waals surface area contributed by atoms with Crippen LogP contribution in [0, 0.1) is 0 Å². The topological polar surface area (TPSA) is 209 Å². The Kier molecular flexibility index (Phi) is 16.1. The Bertz CT molecular complexity index is 3430. The number of carboxylic acid groups (broad SMARTS) is 1. The Morgan fingerprint density at radius 2 is 1.07 bits per heavy atom. The molecule has 0 bridgehead atoms. The summed E-state index contributed by atoms with van der Waals surface area (Å²) < 4.78 is 14.2. The lowest BCUT2D eigenvalue weighted by atomic mass is 10.0. The monoisotopic (exact) mass is 1040 g/mol. The van der Waals surface area contributed by atoms with Crippen LogP contribution >= 0.6 is 23.2 Å². The minimum Gasteiger partial charge on any atom is -0.478 e. The van der Waals surface area contributed by atoms with Crippen LogP contribution in [-0.4, -0.2) is 132 Å². The third kappa shape index (κ3) is 11.4. The summed E-state index contributed by atoms with van der Waals surface area (Å²) in [5.41, 5.74) is 7.72. The van der Waals surface area contributed by atoms with E-state index in [1.54, 1.807) is 135 Å². The van der Waals surface area contributed by atoms with Crippen LogP contribution < -0.4 is 20.4 Å². The van der Waals surface area contributed by atoms with Gasteiger partial charge in [0.25, 0.3) is 23.6 Å². The SMILES string of the molecule is CNC(=O)c1ccc(-c2cnn3ccc(C(=O)N(C)c4ccc(Cl)c(C(=O)O)c4)cc23)cc1.CNC(=O)c1ccc(-c2cnn3ccc(C(=O)N(C)c4ccc(Cl)c(C(=O)OCCN5CCOCC5)c4)cc23)cc1. The molecule has 20 heteroatoms. The molecule has 4 aromatic carbocycles. The number of fused-ring (bicyclic) bond motifs is 2. The molecular weight excluding hydrogens is 990 g/mol. The van der Waals surface area contributed by atoms with Crippen LogP contribution in [-0.2, 0) is 9.47 Å². The fourth-order valence-electron chi connectivity index (χ4n) is 8.12. The number of benzene rings is 4. The number of carboxylic acids is 1. The van der Waals surface area contributed by atoms with E-state index in [4.69, 9.17) is 32.7 Å². The highest BCUT2D eigenvalue weighted by molar-refractivity contribution is 6.34. The fraction of sp³-hybridized carbons (Fsp3) is 0.185. The Morgan fingerprint density at radius 3 is 1.51 bits per heavy atom. The summed E-state index contributed by atoms with van der Waals surface area (Å²) >= 11 is 12.3. The lowest BCUT2D eigenvalue weighted by Crippen LogP contribution is -2.38. The van der Waals surface area contributed by atoms with Gasteiger partial charge in [-0.3, -0.25) is 24.1 Å². The van der Waals surface area contributed by atoms with Crippen molar-refractivity contribution in [3.63, 3.8) is 0 Å². The van der Waals surface area contributed by atoms with Crippen molar-refractivity contribution in [1.29, 1.82) is 0 Å². The molecule has 4 aromatic heterocycles. The van der Waals surface area contributed by atoms with E-state index in [-0.39, 0.29) is 51.4 Å². The second kappa shape index (κ2) is 23.0. The van der Waals surface area contributed by atoms with Crippen molar-refractivity contribution in [2.45, 2.75) is 0 Å². The number of hydrogen-bond donors (Lipinski definition) is 3. The molecular formula is C54H49Cl2N9O9. The molecule has 3 N–H and O–H groups in total. The third-order valence-corrected chi connectivity index (χ3v) is 13.0. The first-order valence-corrected chi connectivity index (χ1v) is 23.9. The normalized spacial score (nSPS) is 12.4. The number of morpholine rings is 1. The molecule has 1 fully saturated rings. The van der Waals surface area contributed by atoms with Crippen LogP contribution in [0.15, 0.2) is 134 Å².